The molecule has 0 rings (SSSR count). The maximum atomic E-state index is 10.1. The van der Waals surface area contributed by atoms with Crippen molar-refractivity contribution in [3.63, 3.8) is 0 Å². The first-order valence-corrected chi connectivity index (χ1v) is 4.82. The van der Waals surface area contributed by atoms with Gasteiger partial charge >= 0.3 is 5.97 Å². The molecule has 0 aromatic heterocycles. The first-order valence-electron chi connectivity index (χ1n) is 4.82. The minimum absolute atomic E-state index is 0.0139. The Balaban J connectivity index is 0. The van der Waals surface area contributed by atoms with E-state index in [-0.39, 0.29) is 25.2 Å². The van der Waals surface area contributed by atoms with Crippen LogP contribution in [0, 0.1) is 11.3 Å². The number of rotatable bonds is 4. The first-order chi connectivity index (χ1) is 6.68. The fourth-order valence-electron chi connectivity index (χ4n) is 0.220. The van der Waals surface area contributed by atoms with Crippen LogP contribution in [-0.2, 0) is 4.79 Å². The van der Waals surface area contributed by atoms with Gasteiger partial charge in [0.2, 0.25) is 0 Å². The summed E-state index contributed by atoms with van der Waals surface area (Å²) in [7, 11) is 0. The number of aliphatic hydroxyl groups is 3. The van der Waals surface area contributed by atoms with Crippen LogP contribution < -0.4 is 0 Å². The molecule has 0 fully saturated rings. The second kappa shape index (κ2) is 7.62. The van der Waals surface area contributed by atoms with Crippen molar-refractivity contribution in [1.29, 1.82) is 0 Å². The van der Waals surface area contributed by atoms with Crippen LogP contribution in [0.5, 0.6) is 0 Å². The number of carbonyl (C=O) groups is 1. The smallest absolute Gasteiger partial charge is 0.311 e. The Bertz CT molecular complexity index is 177. The van der Waals surface area contributed by atoms with Crippen LogP contribution in [0.4, 0.5) is 0 Å². The van der Waals surface area contributed by atoms with Crippen molar-refractivity contribution >= 4 is 5.97 Å². The molecule has 0 aromatic carbocycles. The Labute approximate surface area is 90.4 Å². The second-order valence-corrected chi connectivity index (χ2v) is 4.25. The van der Waals surface area contributed by atoms with Crippen molar-refractivity contribution in [3.8, 4) is 0 Å². The minimum atomic E-state index is -0.986. The lowest BCUT2D eigenvalue weighted by molar-refractivity contribution is -0.148. The molecule has 0 saturated heterocycles. The Kier molecular flexibility index (Phi) is 8.51. The van der Waals surface area contributed by atoms with E-state index in [1.807, 2.05) is 0 Å². The Hall–Kier alpha value is -0.650. The van der Waals surface area contributed by atoms with Crippen molar-refractivity contribution in [1.82, 2.24) is 0 Å². The van der Waals surface area contributed by atoms with Gasteiger partial charge in [-0.1, -0.05) is 6.92 Å². The molecule has 92 valence electrons. The molecule has 2 atom stereocenters. The van der Waals surface area contributed by atoms with Crippen LogP contribution in [0.2, 0.25) is 0 Å². The van der Waals surface area contributed by atoms with Gasteiger partial charge in [-0.2, -0.15) is 0 Å². The lowest BCUT2D eigenvalue weighted by Gasteiger charge is -2.13. The van der Waals surface area contributed by atoms with Crippen LogP contribution in [-0.4, -0.2) is 45.7 Å². The van der Waals surface area contributed by atoms with Crippen LogP contribution in [0.3, 0.4) is 0 Å². The number of hydrogen-bond acceptors (Lipinski definition) is 4. The summed E-state index contributed by atoms with van der Waals surface area (Å²) in [4.78, 5) is 10.1. The third-order valence-electron chi connectivity index (χ3n) is 2.09. The number of aliphatic hydroxyl groups excluding tert-OH is 3. The quantitative estimate of drug-likeness (QED) is 0.540. The van der Waals surface area contributed by atoms with Crippen molar-refractivity contribution in [3.05, 3.63) is 0 Å². The molecule has 0 aliphatic heterocycles. The van der Waals surface area contributed by atoms with E-state index >= 15 is 0 Å². The average Bonchev–Trinajstić information content (AvgIpc) is 2.17. The standard InChI is InChI=1S/C5H10O3.C5H12O2/c1-5(2,3-6)4(7)8;1-4(3-6)5(2)7/h6H,3H2,1-2H3,(H,7,8);4-7H,3H2,1-2H3. The molecular weight excluding hydrogens is 200 g/mol. The van der Waals surface area contributed by atoms with Gasteiger partial charge < -0.3 is 20.4 Å². The predicted molar refractivity (Wildman–Crippen MR) is 56.4 cm³/mol. The van der Waals surface area contributed by atoms with E-state index < -0.39 is 11.4 Å². The van der Waals surface area contributed by atoms with Gasteiger partial charge in [0.25, 0.3) is 0 Å². The van der Waals surface area contributed by atoms with Gasteiger partial charge in [0.1, 0.15) is 0 Å². The molecule has 0 amide bonds. The Morgan fingerprint density at radius 3 is 1.67 bits per heavy atom. The molecule has 0 heterocycles. The molecule has 0 aromatic rings. The van der Waals surface area contributed by atoms with E-state index in [4.69, 9.17) is 20.4 Å². The zero-order valence-corrected chi connectivity index (χ0v) is 9.77. The minimum Gasteiger partial charge on any atom is -0.481 e. The molecule has 0 aliphatic rings. The highest BCUT2D eigenvalue weighted by atomic mass is 16.4. The highest BCUT2D eigenvalue weighted by Gasteiger charge is 2.25. The van der Waals surface area contributed by atoms with E-state index in [2.05, 4.69) is 0 Å². The molecular formula is C10H22O5. The topological polar surface area (TPSA) is 98.0 Å². The van der Waals surface area contributed by atoms with E-state index in [0.29, 0.717) is 0 Å². The molecule has 0 radical (unpaired) electrons. The number of hydrogen-bond donors (Lipinski definition) is 4. The SMILES string of the molecule is CC(C)(CO)C(=O)O.CC(O)C(C)CO. The normalized spacial score (nSPS) is 14.9. The monoisotopic (exact) mass is 222 g/mol. The Morgan fingerprint density at radius 2 is 1.67 bits per heavy atom. The molecule has 0 spiro atoms. The van der Waals surface area contributed by atoms with Crippen LogP contribution in [0.15, 0.2) is 0 Å². The molecule has 0 bridgehead atoms. The van der Waals surface area contributed by atoms with Crippen molar-refractivity contribution < 1.29 is 25.2 Å². The number of carboxylic acids is 1. The van der Waals surface area contributed by atoms with Gasteiger partial charge in [-0.05, 0) is 20.8 Å². The second-order valence-electron chi connectivity index (χ2n) is 4.25. The van der Waals surface area contributed by atoms with E-state index in [9.17, 15) is 4.79 Å². The summed E-state index contributed by atoms with van der Waals surface area (Å²) < 4.78 is 0. The van der Waals surface area contributed by atoms with Gasteiger partial charge in [-0.25, -0.2) is 0 Å². The largest absolute Gasteiger partial charge is 0.481 e. The van der Waals surface area contributed by atoms with Crippen molar-refractivity contribution in [2.45, 2.75) is 33.8 Å². The maximum Gasteiger partial charge on any atom is 0.311 e. The third kappa shape index (κ3) is 8.35. The molecule has 4 N–H and O–H groups in total. The van der Waals surface area contributed by atoms with Gasteiger partial charge in [0, 0.05) is 12.5 Å². The lowest BCUT2D eigenvalue weighted by atomic mass is 9.96. The highest BCUT2D eigenvalue weighted by Crippen LogP contribution is 2.12. The fraction of sp³-hybridized carbons (Fsp3) is 0.900. The summed E-state index contributed by atoms with van der Waals surface area (Å²) in [6.07, 6.45) is -0.384. The van der Waals surface area contributed by atoms with Crippen LogP contribution >= 0.6 is 0 Å². The molecule has 0 saturated carbocycles. The first kappa shape index (κ1) is 16.8. The van der Waals surface area contributed by atoms with E-state index in [1.54, 1.807) is 13.8 Å². The number of carboxylic acid groups (broad SMARTS) is 1. The van der Waals surface area contributed by atoms with Gasteiger partial charge in [-0.15, -0.1) is 0 Å². The van der Waals surface area contributed by atoms with Crippen molar-refractivity contribution in [2.75, 3.05) is 13.2 Å². The maximum absolute atomic E-state index is 10.1. The molecule has 0 aliphatic carbocycles. The van der Waals surface area contributed by atoms with Crippen molar-refractivity contribution in [2.24, 2.45) is 11.3 Å². The zero-order chi connectivity index (χ0) is 12.6. The third-order valence-corrected chi connectivity index (χ3v) is 2.09. The summed E-state index contributed by atoms with van der Waals surface area (Å²) in [5.41, 5.74) is -0.986. The van der Waals surface area contributed by atoms with E-state index in [0.717, 1.165) is 0 Å². The zero-order valence-electron chi connectivity index (χ0n) is 9.77. The molecule has 5 heteroatoms. The van der Waals surface area contributed by atoms with Gasteiger partial charge in [-0.3, -0.25) is 4.79 Å². The lowest BCUT2D eigenvalue weighted by Crippen LogP contribution is -2.27. The summed E-state index contributed by atoms with van der Waals surface area (Å²) in [5.74, 6) is -0.958. The van der Waals surface area contributed by atoms with Crippen LogP contribution in [0.1, 0.15) is 27.7 Å². The number of aliphatic carboxylic acids is 1. The van der Waals surface area contributed by atoms with Gasteiger partial charge in [0.15, 0.2) is 0 Å². The summed E-state index contributed by atoms with van der Waals surface area (Å²) in [6.45, 7) is 6.15. The predicted octanol–water partition coefficient (Wildman–Crippen LogP) is 0.0851. The molecule has 5 nitrogen and oxygen atoms in total. The van der Waals surface area contributed by atoms with Gasteiger partial charge in [0.05, 0.1) is 18.1 Å². The molecule has 2 unspecified atom stereocenters. The van der Waals surface area contributed by atoms with E-state index in [1.165, 1.54) is 13.8 Å². The Morgan fingerprint density at radius 1 is 1.27 bits per heavy atom. The summed E-state index contributed by atoms with van der Waals surface area (Å²) in [5, 5.41) is 33.7. The summed E-state index contributed by atoms with van der Waals surface area (Å²) >= 11 is 0. The summed E-state index contributed by atoms with van der Waals surface area (Å²) in [6, 6.07) is 0. The van der Waals surface area contributed by atoms with Crippen LogP contribution in [0.25, 0.3) is 0 Å². The average molecular weight is 222 g/mol. The molecule has 15 heavy (non-hydrogen) atoms. The fourth-order valence-corrected chi connectivity index (χ4v) is 0.220. The highest BCUT2D eigenvalue weighted by molar-refractivity contribution is 5.73.